The standard InChI is InChI=1S/C26H30N2O6/c1-2-18(16-29)28-22-24(31)27(15-17-9-4-3-5-10-17)13-8-12-26(22)21(23(28)30)20-19(34-26)11-6-7-14-33-25(20)32/h3-6,8-12,18-22,29H,2,7,13-16H2,1H3/t18-,19+,20-,21-,22?,26-/m0/s1. The summed E-state index contributed by atoms with van der Waals surface area (Å²) in [6, 6.07) is 8.14. The van der Waals surface area contributed by atoms with Crippen LogP contribution in [-0.2, 0) is 30.4 Å². The number of benzene rings is 1. The Bertz CT molecular complexity index is 1020. The summed E-state index contributed by atoms with van der Waals surface area (Å²) in [4.78, 5) is 44.2. The van der Waals surface area contributed by atoms with Gasteiger partial charge in [-0.15, -0.1) is 0 Å². The summed E-state index contributed by atoms with van der Waals surface area (Å²) >= 11 is 0. The zero-order chi connectivity index (χ0) is 23.9. The quantitative estimate of drug-likeness (QED) is 0.521. The second-order valence-corrected chi connectivity index (χ2v) is 9.32. The van der Waals surface area contributed by atoms with Crippen molar-refractivity contribution in [1.29, 1.82) is 0 Å². The molecule has 0 bridgehead atoms. The van der Waals surface area contributed by atoms with E-state index in [9.17, 15) is 19.5 Å². The number of hydrogen-bond donors (Lipinski definition) is 1. The Kier molecular flexibility index (Phi) is 6.04. The topological polar surface area (TPSA) is 96.4 Å². The average Bonchev–Trinajstić information content (AvgIpc) is 3.22. The maximum atomic E-state index is 14.1. The lowest BCUT2D eigenvalue weighted by Crippen LogP contribution is -2.57. The molecule has 0 saturated carbocycles. The summed E-state index contributed by atoms with van der Waals surface area (Å²) in [6.45, 7) is 2.57. The van der Waals surface area contributed by atoms with Crippen molar-refractivity contribution in [3.63, 3.8) is 0 Å². The minimum atomic E-state index is -1.30. The lowest BCUT2D eigenvalue weighted by molar-refractivity contribution is -0.156. The van der Waals surface area contributed by atoms with E-state index in [0.717, 1.165) is 5.56 Å². The number of nitrogens with zero attached hydrogens (tertiary/aromatic N) is 2. The van der Waals surface area contributed by atoms with Gasteiger partial charge in [0.05, 0.1) is 31.3 Å². The summed E-state index contributed by atoms with van der Waals surface area (Å²) in [7, 11) is 0. The Hall–Kier alpha value is -2.97. The molecule has 8 nitrogen and oxygen atoms in total. The molecule has 1 N–H and O–H groups in total. The van der Waals surface area contributed by atoms with Crippen LogP contribution in [0.4, 0.5) is 0 Å². The smallest absolute Gasteiger partial charge is 0.312 e. The Morgan fingerprint density at radius 2 is 1.94 bits per heavy atom. The molecule has 34 heavy (non-hydrogen) atoms. The van der Waals surface area contributed by atoms with Gasteiger partial charge in [0.15, 0.2) is 0 Å². The van der Waals surface area contributed by atoms with E-state index in [1.807, 2.05) is 55.5 Å². The number of aliphatic hydroxyl groups excluding tert-OH is 1. The first-order valence-corrected chi connectivity index (χ1v) is 12.0. The van der Waals surface area contributed by atoms with Crippen molar-refractivity contribution >= 4 is 17.8 Å². The van der Waals surface area contributed by atoms with Gasteiger partial charge in [-0.25, -0.2) is 0 Å². The van der Waals surface area contributed by atoms with Gasteiger partial charge in [0.1, 0.15) is 17.6 Å². The van der Waals surface area contributed by atoms with Gasteiger partial charge in [-0.05, 0) is 18.4 Å². The van der Waals surface area contributed by atoms with Crippen LogP contribution in [0.5, 0.6) is 0 Å². The molecule has 5 rings (SSSR count). The van der Waals surface area contributed by atoms with E-state index in [4.69, 9.17) is 9.47 Å². The molecule has 2 saturated heterocycles. The second kappa shape index (κ2) is 9.00. The minimum absolute atomic E-state index is 0.244. The molecule has 0 radical (unpaired) electrons. The van der Waals surface area contributed by atoms with Crippen LogP contribution in [0.2, 0.25) is 0 Å². The van der Waals surface area contributed by atoms with Crippen LogP contribution in [0.3, 0.4) is 0 Å². The number of carbonyl (C=O) groups is 3. The fraction of sp³-hybridized carbons (Fsp3) is 0.500. The largest absolute Gasteiger partial charge is 0.465 e. The van der Waals surface area contributed by atoms with E-state index >= 15 is 0 Å². The van der Waals surface area contributed by atoms with Crippen molar-refractivity contribution in [2.75, 3.05) is 19.8 Å². The number of rotatable bonds is 5. The molecule has 1 unspecified atom stereocenters. The summed E-state index contributed by atoms with van der Waals surface area (Å²) in [6.07, 6.45) is 7.76. The Morgan fingerprint density at radius 3 is 2.68 bits per heavy atom. The SMILES string of the molecule is CC[C@@H](CO)N1C(=O)[C@@H]2[C@H]3C(=O)OCCC=C[C@H]3O[C@@]23C=CCN(Cc2ccccc2)C(=O)C13. The zero-order valence-corrected chi connectivity index (χ0v) is 19.2. The Balaban J connectivity index is 1.59. The van der Waals surface area contributed by atoms with Crippen molar-refractivity contribution in [1.82, 2.24) is 9.80 Å². The molecule has 0 aromatic heterocycles. The van der Waals surface area contributed by atoms with Gasteiger partial charge in [-0.1, -0.05) is 61.6 Å². The lowest BCUT2D eigenvalue weighted by Gasteiger charge is -2.38. The molecular formula is C26H30N2O6. The second-order valence-electron chi connectivity index (χ2n) is 9.32. The van der Waals surface area contributed by atoms with Gasteiger partial charge in [0.25, 0.3) is 0 Å². The molecule has 1 aromatic carbocycles. The molecule has 6 atom stereocenters. The first-order valence-electron chi connectivity index (χ1n) is 12.0. The van der Waals surface area contributed by atoms with Gasteiger partial charge >= 0.3 is 5.97 Å². The molecule has 1 aromatic rings. The van der Waals surface area contributed by atoms with E-state index in [2.05, 4.69) is 0 Å². The molecular weight excluding hydrogens is 436 g/mol. The monoisotopic (exact) mass is 466 g/mol. The molecule has 8 heteroatoms. The number of esters is 1. The molecule has 4 aliphatic rings. The minimum Gasteiger partial charge on any atom is -0.465 e. The molecule has 2 amide bonds. The maximum Gasteiger partial charge on any atom is 0.312 e. The van der Waals surface area contributed by atoms with Crippen LogP contribution in [0, 0.1) is 11.8 Å². The summed E-state index contributed by atoms with van der Waals surface area (Å²) in [5, 5.41) is 10.1. The number of likely N-dealkylation sites (tertiary alicyclic amines) is 1. The van der Waals surface area contributed by atoms with Crippen LogP contribution >= 0.6 is 0 Å². The van der Waals surface area contributed by atoms with Crippen LogP contribution in [0.15, 0.2) is 54.6 Å². The van der Waals surface area contributed by atoms with Crippen LogP contribution in [0.1, 0.15) is 25.3 Å². The molecule has 180 valence electrons. The normalized spacial score (nSPS) is 33.5. The highest BCUT2D eigenvalue weighted by atomic mass is 16.6. The third-order valence-corrected chi connectivity index (χ3v) is 7.43. The van der Waals surface area contributed by atoms with Crippen molar-refractivity contribution in [2.45, 2.75) is 50.1 Å². The van der Waals surface area contributed by atoms with Crippen LogP contribution in [0.25, 0.3) is 0 Å². The van der Waals surface area contributed by atoms with Gasteiger partial charge in [-0.2, -0.15) is 0 Å². The predicted molar refractivity (Wildman–Crippen MR) is 122 cm³/mol. The van der Waals surface area contributed by atoms with Gasteiger partial charge < -0.3 is 24.4 Å². The van der Waals surface area contributed by atoms with Crippen LogP contribution < -0.4 is 0 Å². The van der Waals surface area contributed by atoms with E-state index in [-0.39, 0.29) is 25.0 Å². The van der Waals surface area contributed by atoms with Crippen molar-refractivity contribution in [3.05, 3.63) is 60.2 Å². The number of aliphatic hydroxyl groups is 1. The number of fused-ring (bicyclic) bond motifs is 2. The van der Waals surface area contributed by atoms with Crippen molar-refractivity contribution < 1.29 is 29.0 Å². The zero-order valence-electron chi connectivity index (χ0n) is 19.2. The lowest BCUT2D eigenvalue weighted by atomic mass is 9.77. The van der Waals surface area contributed by atoms with Crippen molar-refractivity contribution in [3.8, 4) is 0 Å². The molecule has 0 aliphatic carbocycles. The van der Waals surface area contributed by atoms with E-state index in [1.54, 1.807) is 11.0 Å². The molecule has 4 heterocycles. The summed E-state index contributed by atoms with van der Waals surface area (Å²) in [5.41, 5.74) is -0.326. The van der Waals surface area contributed by atoms with E-state index in [1.165, 1.54) is 4.90 Å². The fourth-order valence-electron chi connectivity index (χ4n) is 5.85. The van der Waals surface area contributed by atoms with E-state index in [0.29, 0.717) is 25.9 Å². The summed E-state index contributed by atoms with van der Waals surface area (Å²) in [5.74, 6) is -2.80. The number of cyclic esters (lactones) is 1. The number of amides is 2. The third kappa shape index (κ3) is 3.47. The average molecular weight is 467 g/mol. The highest BCUT2D eigenvalue weighted by molar-refractivity contribution is 5.99. The van der Waals surface area contributed by atoms with Gasteiger partial charge in [-0.3, -0.25) is 14.4 Å². The van der Waals surface area contributed by atoms with E-state index < -0.39 is 41.6 Å². The Labute approximate surface area is 198 Å². The number of carbonyl (C=O) groups excluding carboxylic acids is 3. The van der Waals surface area contributed by atoms with Crippen LogP contribution in [-0.4, -0.2) is 76.2 Å². The Morgan fingerprint density at radius 1 is 1.15 bits per heavy atom. The fourth-order valence-corrected chi connectivity index (χ4v) is 5.85. The highest BCUT2D eigenvalue weighted by Crippen LogP contribution is 2.53. The highest BCUT2D eigenvalue weighted by Gasteiger charge is 2.72. The van der Waals surface area contributed by atoms with Gasteiger partial charge in [0.2, 0.25) is 11.8 Å². The van der Waals surface area contributed by atoms with Gasteiger partial charge in [0, 0.05) is 13.1 Å². The van der Waals surface area contributed by atoms with Crippen molar-refractivity contribution in [2.24, 2.45) is 11.8 Å². The first kappa shape index (κ1) is 22.8. The molecule has 2 fully saturated rings. The molecule has 4 aliphatic heterocycles. The third-order valence-electron chi connectivity index (χ3n) is 7.43. The predicted octanol–water partition coefficient (Wildman–Crippen LogP) is 1.44. The number of hydrogen-bond acceptors (Lipinski definition) is 6. The first-order chi connectivity index (χ1) is 16.5. The maximum absolute atomic E-state index is 14.1. The summed E-state index contributed by atoms with van der Waals surface area (Å²) < 4.78 is 11.9. The number of ether oxygens (including phenoxy) is 2. The molecule has 1 spiro atoms.